The van der Waals surface area contributed by atoms with Crippen molar-refractivity contribution in [3.8, 4) is 22.8 Å². The fraction of sp³-hybridized carbons (Fsp3) is 0.286. The van der Waals surface area contributed by atoms with Gasteiger partial charge in [-0.2, -0.15) is 0 Å². The van der Waals surface area contributed by atoms with Crippen LogP contribution >= 0.6 is 0 Å². The van der Waals surface area contributed by atoms with Gasteiger partial charge in [-0.25, -0.2) is 0 Å². The molecule has 0 atom stereocenters. The molecule has 0 radical (unpaired) electrons. The lowest BCUT2D eigenvalue weighted by atomic mass is 10.1. The lowest BCUT2D eigenvalue weighted by molar-refractivity contribution is 0.414. The first kappa shape index (κ1) is 17.1. The zero-order chi connectivity index (χ0) is 17.8. The van der Waals surface area contributed by atoms with Gasteiger partial charge in [0.2, 0.25) is 0 Å². The van der Waals surface area contributed by atoms with E-state index in [1.165, 1.54) is 0 Å². The molecule has 0 aliphatic rings. The van der Waals surface area contributed by atoms with Gasteiger partial charge in [0.15, 0.2) is 0 Å². The van der Waals surface area contributed by atoms with Gasteiger partial charge in [-0.05, 0) is 48.4 Å². The lowest BCUT2D eigenvalue weighted by Gasteiger charge is -2.08. The summed E-state index contributed by atoms with van der Waals surface area (Å²) in [5.74, 6) is 2.88. The second kappa shape index (κ2) is 7.43. The van der Waals surface area contributed by atoms with Crippen molar-refractivity contribution >= 4 is 11.0 Å². The quantitative estimate of drug-likeness (QED) is 0.679. The normalized spacial score (nSPS) is 12.0. The fourth-order valence-corrected chi connectivity index (χ4v) is 2.58. The van der Waals surface area contributed by atoms with E-state index in [-0.39, 0.29) is 0 Å². The van der Waals surface area contributed by atoms with E-state index in [0.717, 1.165) is 45.7 Å². The number of ether oxygens (including phenoxy) is 2. The molecule has 2 aromatic carbocycles. The summed E-state index contributed by atoms with van der Waals surface area (Å²) in [4.78, 5) is 4.79. The topological polar surface area (TPSA) is 44.0 Å². The Hall–Kier alpha value is -2.75. The van der Waals surface area contributed by atoms with Gasteiger partial charge in [0, 0.05) is 23.6 Å². The first-order chi connectivity index (χ1) is 12.1. The number of hydrogen-bond acceptors (Lipinski definition) is 4. The van der Waals surface area contributed by atoms with Crippen LogP contribution in [0.4, 0.5) is 0 Å². The summed E-state index contributed by atoms with van der Waals surface area (Å²) in [5, 5.41) is 1.87. The van der Waals surface area contributed by atoms with Gasteiger partial charge in [-0.15, -0.1) is 0 Å². The number of rotatable bonds is 5. The number of benzene rings is 2. The highest BCUT2D eigenvalue weighted by Gasteiger charge is 2.08. The highest BCUT2D eigenvalue weighted by Crippen LogP contribution is 2.26. The molecule has 4 nitrogen and oxygen atoms in total. The maximum Gasteiger partial charge on any atom is 0.137 e. The molecule has 4 heteroatoms. The predicted molar refractivity (Wildman–Crippen MR) is 100 cm³/mol. The number of methoxy groups -OCH3 is 2. The van der Waals surface area contributed by atoms with E-state index in [4.69, 9.17) is 18.9 Å². The third-order valence-corrected chi connectivity index (χ3v) is 3.95. The van der Waals surface area contributed by atoms with Gasteiger partial charge in [0.1, 0.15) is 22.8 Å². The molecule has 0 amide bonds. The van der Waals surface area contributed by atoms with Crippen molar-refractivity contribution in [2.24, 2.45) is 10.9 Å². The molecule has 0 N–H and O–H groups in total. The monoisotopic (exact) mass is 337 g/mol. The molecule has 25 heavy (non-hydrogen) atoms. The minimum absolute atomic E-state index is 0.488. The molecule has 1 heterocycles. The zero-order valence-corrected chi connectivity index (χ0v) is 15.1. The zero-order valence-electron chi connectivity index (χ0n) is 15.1. The number of fused-ring (bicyclic) bond motifs is 1. The lowest BCUT2D eigenvalue weighted by Crippen LogP contribution is -2.07. The third-order valence-electron chi connectivity index (χ3n) is 3.95. The molecule has 130 valence electrons. The Morgan fingerprint density at radius 1 is 0.920 bits per heavy atom. The van der Waals surface area contributed by atoms with Gasteiger partial charge in [-0.3, -0.25) is 4.99 Å². The van der Waals surface area contributed by atoms with Crippen molar-refractivity contribution in [1.82, 2.24) is 0 Å². The van der Waals surface area contributed by atoms with Crippen LogP contribution in [0.2, 0.25) is 0 Å². The highest BCUT2D eigenvalue weighted by atomic mass is 16.5. The first-order valence-electron chi connectivity index (χ1n) is 8.37. The second-order valence-electron chi connectivity index (χ2n) is 6.32. The Bertz CT molecular complexity index is 924. The third kappa shape index (κ3) is 3.85. The maximum absolute atomic E-state index is 6.11. The highest BCUT2D eigenvalue weighted by molar-refractivity contribution is 5.80. The molecule has 3 rings (SSSR count). The van der Waals surface area contributed by atoms with Gasteiger partial charge in [0.05, 0.1) is 19.6 Å². The number of hydrogen-bond donors (Lipinski definition) is 0. The average molecular weight is 337 g/mol. The second-order valence-corrected chi connectivity index (χ2v) is 6.32. The molecule has 0 saturated carbocycles. The number of nitrogens with zero attached hydrogens (tertiary/aromatic N) is 1. The molecule has 1 aromatic heterocycles. The van der Waals surface area contributed by atoms with Crippen LogP contribution in [0.5, 0.6) is 11.5 Å². The Morgan fingerprint density at radius 3 is 2.24 bits per heavy atom. The maximum atomic E-state index is 6.11. The van der Waals surface area contributed by atoms with Crippen LogP contribution in [0.15, 0.2) is 57.9 Å². The van der Waals surface area contributed by atoms with Crippen LogP contribution in [0.1, 0.15) is 13.8 Å². The molecule has 0 saturated heterocycles. The van der Waals surface area contributed by atoms with Gasteiger partial charge in [-0.1, -0.05) is 13.8 Å². The van der Waals surface area contributed by atoms with Crippen LogP contribution in [0.3, 0.4) is 0 Å². The van der Waals surface area contributed by atoms with Crippen LogP contribution in [-0.4, -0.2) is 20.8 Å². The standard InChI is InChI=1S/C21H23NO3/c1-14(2)13-22-19-12-21(15-5-7-16(23-3)8-6-15)25-20-10-9-17(24-4)11-18(19)20/h5-12,14H,13H2,1-4H3. The van der Waals surface area contributed by atoms with Gasteiger partial charge in [0.25, 0.3) is 0 Å². The minimum atomic E-state index is 0.488. The van der Waals surface area contributed by atoms with Crippen molar-refractivity contribution in [3.63, 3.8) is 0 Å². The smallest absolute Gasteiger partial charge is 0.137 e. The van der Waals surface area contributed by atoms with E-state index in [1.807, 2.05) is 48.5 Å². The largest absolute Gasteiger partial charge is 0.497 e. The SMILES string of the molecule is COc1ccc(-c2cc(=NCC(C)C)c3cc(OC)ccc3o2)cc1. The van der Waals surface area contributed by atoms with E-state index >= 15 is 0 Å². The Morgan fingerprint density at radius 2 is 1.60 bits per heavy atom. The summed E-state index contributed by atoms with van der Waals surface area (Å²) in [6.45, 7) is 5.08. The molecule has 0 fully saturated rings. The Kier molecular flexibility index (Phi) is 5.08. The molecular weight excluding hydrogens is 314 g/mol. The van der Waals surface area contributed by atoms with Crippen molar-refractivity contribution < 1.29 is 13.9 Å². The van der Waals surface area contributed by atoms with Crippen molar-refractivity contribution in [2.45, 2.75) is 13.8 Å². The van der Waals surface area contributed by atoms with Crippen LogP contribution in [0.25, 0.3) is 22.3 Å². The summed E-state index contributed by atoms with van der Waals surface area (Å²) < 4.78 is 16.7. The first-order valence-corrected chi connectivity index (χ1v) is 8.37. The predicted octanol–water partition coefficient (Wildman–Crippen LogP) is 4.67. The average Bonchev–Trinajstić information content (AvgIpc) is 2.65. The van der Waals surface area contributed by atoms with Crippen molar-refractivity contribution in [3.05, 3.63) is 53.9 Å². The molecule has 0 aliphatic carbocycles. The van der Waals surface area contributed by atoms with E-state index in [1.54, 1.807) is 14.2 Å². The van der Waals surface area contributed by atoms with E-state index in [9.17, 15) is 0 Å². The fourth-order valence-electron chi connectivity index (χ4n) is 2.58. The molecule has 3 aromatic rings. The van der Waals surface area contributed by atoms with Crippen LogP contribution in [-0.2, 0) is 0 Å². The molecule has 0 spiro atoms. The van der Waals surface area contributed by atoms with E-state index in [2.05, 4.69) is 13.8 Å². The Balaban J connectivity index is 2.18. The molecule has 0 unspecified atom stereocenters. The summed E-state index contributed by atoms with van der Waals surface area (Å²) in [5.41, 5.74) is 1.77. The summed E-state index contributed by atoms with van der Waals surface area (Å²) >= 11 is 0. The molecular formula is C21H23NO3. The van der Waals surface area contributed by atoms with Gasteiger partial charge >= 0.3 is 0 Å². The summed E-state index contributed by atoms with van der Waals surface area (Å²) in [6.07, 6.45) is 0. The van der Waals surface area contributed by atoms with E-state index in [0.29, 0.717) is 5.92 Å². The van der Waals surface area contributed by atoms with Crippen molar-refractivity contribution in [1.29, 1.82) is 0 Å². The van der Waals surface area contributed by atoms with Crippen LogP contribution < -0.4 is 14.8 Å². The van der Waals surface area contributed by atoms with Gasteiger partial charge < -0.3 is 13.9 Å². The van der Waals surface area contributed by atoms with Crippen molar-refractivity contribution in [2.75, 3.05) is 20.8 Å². The minimum Gasteiger partial charge on any atom is -0.497 e. The summed E-state index contributed by atoms with van der Waals surface area (Å²) in [6, 6.07) is 15.6. The summed E-state index contributed by atoms with van der Waals surface area (Å²) in [7, 11) is 3.32. The molecule has 0 bridgehead atoms. The Labute approximate surface area is 147 Å². The van der Waals surface area contributed by atoms with Crippen LogP contribution in [0, 0.1) is 5.92 Å². The molecule has 0 aliphatic heterocycles. The van der Waals surface area contributed by atoms with E-state index < -0.39 is 0 Å².